The van der Waals surface area contributed by atoms with Crippen molar-refractivity contribution in [3.63, 3.8) is 0 Å². The molecule has 0 amide bonds. The number of aryl methyl sites for hydroxylation is 1. The predicted octanol–water partition coefficient (Wildman–Crippen LogP) is 4.44. The maximum absolute atomic E-state index is 5.95. The molecule has 1 heterocycles. The minimum absolute atomic E-state index is 0.450. The third kappa shape index (κ3) is 3.97. The zero-order chi connectivity index (χ0) is 14.4. The van der Waals surface area contributed by atoms with Gasteiger partial charge in [-0.15, -0.1) is 0 Å². The second kappa shape index (κ2) is 7.30. The topological polar surface area (TPSA) is 25.2 Å². The van der Waals surface area contributed by atoms with Gasteiger partial charge in [0.2, 0.25) is 0 Å². The number of benzene rings is 1. The molecule has 1 N–H and O–H groups in total. The molecule has 1 aromatic heterocycles. The molecule has 1 atom stereocenters. The summed E-state index contributed by atoms with van der Waals surface area (Å²) in [6, 6.07) is 13.3. The summed E-state index contributed by atoms with van der Waals surface area (Å²) in [5, 5.41) is 3.40. The van der Waals surface area contributed by atoms with Crippen LogP contribution in [0.5, 0.6) is 0 Å². The fourth-order valence-electron chi connectivity index (χ4n) is 2.49. The molecule has 2 aromatic rings. The SMILES string of the molecule is CCCc1ccc(-c2ccc(CC(C)NCC)o2)cc1. The van der Waals surface area contributed by atoms with E-state index in [1.165, 1.54) is 12.0 Å². The van der Waals surface area contributed by atoms with Crippen molar-refractivity contribution in [1.29, 1.82) is 0 Å². The van der Waals surface area contributed by atoms with Crippen LogP contribution in [0.15, 0.2) is 40.8 Å². The Hall–Kier alpha value is -1.54. The van der Waals surface area contributed by atoms with Gasteiger partial charge in [0, 0.05) is 18.0 Å². The molecule has 2 heteroatoms. The van der Waals surface area contributed by atoms with Crippen LogP contribution in [0.25, 0.3) is 11.3 Å². The van der Waals surface area contributed by atoms with E-state index in [1.54, 1.807) is 0 Å². The number of furan rings is 1. The number of nitrogens with one attached hydrogen (secondary N) is 1. The van der Waals surface area contributed by atoms with Crippen LogP contribution >= 0.6 is 0 Å². The molecular formula is C18H25NO. The van der Waals surface area contributed by atoms with Gasteiger partial charge in [-0.3, -0.25) is 0 Å². The Morgan fingerprint density at radius 3 is 2.45 bits per heavy atom. The zero-order valence-corrected chi connectivity index (χ0v) is 12.8. The maximum atomic E-state index is 5.95. The largest absolute Gasteiger partial charge is 0.461 e. The minimum Gasteiger partial charge on any atom is -0.461 e. The predicted molar refractivity (Wildman–Crippen MR) is 85.0 cm³/mol. The second-order valence-corrected chi connectivity index (χ2v) is 5.38. The summed E-state index contributed by atoms with van der Waals surface area (Å²) >= 11 is 0. The van der Waals surface area contributed by atoms with Crippen molar-refractivity contribution in [3.8, 4) is 11.3 Å². The molecule has 0 aliphatic heterocycles. The molecule has 0 aliphatic carbocycles. The average molecular weight is 271 g/mol. The third-order valence-electron chi connectivity index (χ3n) is 3.50. The summed E-state index contributed by atoms with van der Waals surface area (Å²) in [7, 11) is 0. The van der Waals surface area contributed by atoms with E-state index in [0.717, 1.165) is 36.5 Å². The minimum atomic E-state index is 0.450. The van der Waals surface area contributed by atoms with Gasteiger partial charge < -0.3 is 9.73 Å². The van der Waals surface area contributed by atoms with E-state index in [9.17, 15) is 0 Å². The van der Waals surface area contributed by atoms with Gasteiger partial charge in [-0.2, -0.15) is 0 Å². The molecule has 2 rings (SSSR count). The summed E-state index contributed by atoms with van der Waals surface area (Å²) in [6.45, 7) is 7.51. The van der Waals surface area contributed by atoms with Crippen molar-refractivity contribution < 1.29 is 4.42 Å². The zero-order valence-electron chi connectivity index (χ0n) is 12.8. The summed E-state index contributed by atoms with van der Waals surface area (Å²) in [5.74, 6) is 2.01. The first-order valence-corrected chi connectivity index (χ1v) is 7.64. The van der Waals surface area contributed by atoms with E-state index in [1.807, 2.05) is 0 Å². The first kappa shape index (κ1) is 14.9. The first-order valence-electron chi connectivity index (χ1n) is 7.64. The van der Waals surface area contributed by atoms with Crippen LogP contribution in [0.4, 0.5) is 0 Å². The van der Waals surface area contributed by atoms with E-state index in [4.69, 9.17) is 4.42 Å². The lowest BCUT2D eigenvalue weighted by atomic mass is 10.1. The monoisotopic (exact) mass is 271 g/mol. The normalized spacial score (nSPS) is 12.6. The lowest BCUT2D eigenvalue weighted by molar-refractivity contribution is 0.470. The highest BCUT2D eigenvalue weighted by Crippen LogP contribution is 2.23. The number of hydrogen-bond donors (Lipinski definition) is 1. The summed E-state index contributed by atoms with van der Waals surface area (Å²) in [4.78, 5) is 0. The van der Waals surface area contributed by atoms with Crippen LogP contribution in [0.2, 0.25) is 0 Å². The fraction of sp³-hybridized carbons (Fsp3) is 0.444. The van der Waals surface area contributed by atoms with Crippen molar-refractivity contribution in [2.45, 2.75) is 46.1 Å². The standard InChI is InChI=1S/C18H25NO/c1-4-6-15-7-9-16(10-8-15)18-12-11-17(20-18)13-14(3)19-5-2/h7-12,14,19H,4-6,13H2,1-3H3. The Morgan fingerprint density at radius 2 is 1.80 bits per heavy atom. The number of likely N-dealkylation sites (N-methyl/N-ethyl adjacent to an activating group) is 1. The smallest absolute Gasteiger partial charge is 0.134 e. The van der Waals surface area contributed by atoms with Crippen LogP contribution in [0, 0.1) is 0 Å². The molecule has 108 valence electrons. The molecule has 20 heavy (non-hydrogen) atoms. The number of rotatable bonds is 7. The van der Waals surface area contributed by atoms with E-state index < -0.39 is 0 Å². The molecule has 0 fully saturated rings. The summed E-state index contributed by atoms with van der Waals surface area (Å²) < 4.78 is 5.95. The highest BCUT2D eigenvalue weighted by atomic mass is 16.3. The molecule has 0 saturated carbocycles. The van der Waals surface area contributed by atoms with Crippen LogP contribution in [0.1, 0.15) is 38.5 Å². The quantitative estimate of drug-likeness (QED) is 0.805. The second-order valence-electron chi connectivity index (χ2n) is 5.38. The van der Waals surface area contributed by atoms with Gasteiger partial charge in [0.05, 0.1) is 0 Å². The average Bonchev–Trinajstić information content (AvgIpc) is 2.88. The van der Waals surface area contributed by atoms with E-state index in [-0.39, 0.29) is 0 Å². The van der Waals surface area contributed by atoms with E-state index >= 15 is 0 Å². The highest BCUT2D eigenvalue weighted by Gasteiger charge is 2.08. The summed E-state index contributed by atoms with van der Waals surface area (Å²) in [6.07, 6.45) is 3.26. The maximum Gasteiger partial charge on any atom is 0.134 e. The highest BCUT2D eigenvalue weighted by molar-refractivity contribution is 5.58. The van der Waals surface area contributed by atoms with Gasteiger partial charge in [0.1, 0.15) is 11.5 Å². The van der Waals surface area contributed by atoms with E-state index in [0.29, 0.717) is 6.04 Å². The molecular weight excluding hydrogens is 246 g/mol. The first-order chi connectivity index (χ1) is 9.72. The molecule has 1 aromatic carbocycles. The van der Waals surface area contributed by atoms with Gasteiger partial charge in [-0.25, -0.2) is 0 Å². The van der Waals surface area contributed by atoms with Gasteiger partial charge in [-0.05, 0) is 37.6 Å². The van der Waals surface area contributed by atoms with Crippen molar-refractivity contribution in [2.24, 2.45) is 0 Å². The molecule has 0 radical (unpaired) electrons. The molecule has 1 unspecified atom stereocenters. The Bertz CT molecular complexity index is 512. The van der Waals surface area contributed by atoms with Gasteiger partial charge in [0.15, 0.2) is 0 Å². The lowest BCUT2D eigenvalue weighted by Gasteiger charge is -2.09. The lowest BCUT2D eigenvalue weighted by Crippen LogP contribution is -2.27. The fourth-order valence-corrected chi connectivity index (χ4v) is 2.49. The Kier molecular flexibility index (Phi) is 5.42. The van der Waals surface area contributed by atoms with Crippen molar-refractivity contribution >= 4 is 0 Å². The van der Waals surface area contributed by atoms with Gasteiger partial charge in [-0.1, -0.05) is 44.5 Å². The van der Waals surface area contributed by atoms with Gasteiger partial charge in [0.25, 0.3) is 0 Å². The Balaban J connectivity index is 2.04. The third-order valence-corrected chi connectivity index (χ3v) is 3.50. The van der Waals surface area contributed by atoms with Crippen LogP contribution in [-0.4, -0.2) is 12.6 Å². The van der Waals surface area contributed by atoms with Crippen LogP contribution < -0.4 is 5.32 Å². The summed E-state index contributed by atoms with van der Waals surface area (Å²) in [5.41, 5.74) is 2.55. The molecule has 0 spiro atoms. The van der Waals surface area contributed by atoms with E-state index in [2.05, 4.69) is 62.5 Å². The Labute approximate surface area is 122 Å². The van der Waals surface area contributed by atoms with Crippen molar-refractivity contribution in [2.75, 3.05) is 6.54 Å². The Morgan fingerprint density at radius 1 is 1.05 bits per heavy atom. The number of hydrogen-bond acceptors (Lipinski definition) is 2. The molecule has 2 nitrogen and oxygen atoms in total. The van der Waals surface area contributed by atoms with Crippen molar-refractivity contribution in [1.82, 2.24) is 5.32 Å². The van der Waals surface area contributed by atoms with Gasteiger partial charge >= 0.3 is 0 Å². The van der Waals surface area contributed by atoms with Crippen LogP contribution in [-0.2, 0) is 12.8 Å². The molecule has 0 bridgehead atoms. The van der Waals surface area contributed by atoms with Crippen molar-refractivity contribution in [3.05, 3.63) is 47.7 Å². The van der Waals surface area contributed by atoms with Crippen LogP contribution in [0.3, 0.4) is 0 Å². The molecule has 0 saturated heterocycles. The molecule has 0 aliphatic rings.